The molecule has 9 heteroatoms. The van der Waals surface area contributed by atoms with Gasteiger partial charge in [-0.2, -0.15) is 0 Å². The Bertz CT molecular complexity index is 417. The Kier molecular flexibility index (Phi) is 13.7. The van der Waals surface area contributed by atoms with E-state index in [1.54, 1.807) is 0 Å². The van der Waals surface area contributed by atoms with Crippen molar-refractivity contribution in [3.63, 3.8) is 0 Å². The molecule has 9 nitrogen and oxygen atoms in total. The molecule has 0 bridgehead atoms. The zero-order valence-electron chi connectivity index (χ0n) is 14.2. The van der Waals surface area contributed by atoms with Gasteiger partial charge in [0.2, 0.25) is 5.91 Å². The minimum absolute atomic E-state index is 0.0114. The van der Waals surface area contributed by atoms with E-state index in [0.717, 1.165) is 6.08 Å². The zero-order chi connectivity index (χ0) is 19.1. The third-order valence-corrected chi connectivity index (χ3v) is 2.85. The Morgan fingerprint density at radius 1 is 0.880 bits per heavy atom. The first-order chi connectivity index (χ1) is 11.9. The summed E-state index contributed by atoms with van der Waals surface area (Å²) in [4.78, 5) is 21.9. The van der Waals surface area contributed by atoms with Crippen LogP contribution >= 0.6 is 0 Å². The average molecular weight is 360 g/mol. The Balaban J connectivity index is 3.61. The van der Waals surface area contributed by atoms with Gasteiger partial charge < -0.3 is 35.4 Å². The number of nitrogens with one attached hydrogen (secondary N) is 2. The standard InChI is InChI=1S/C16H28N2O7/c1-3-12(19)5-17-6-13(20)8-24-10-15(22)11-25-9-14(21)7-18-16(23)4-2/h3-4,13-15,17,20-22H,1-2,5-11H2,(H,18,23). The molecule has 0 aromatic rings. The summed E-state index contributed by atoms with van der Waals surface area (Å²) in [6.07, 6.45) is -0.353. The van der Waals surface area contributed by atoms with Crippen LogP contribution in [0.15, 0.2) is 25.3 Å². The monoisotopic (exact) mass is 360 g/mol. The lowest BCUT2D eigenvalue weighted by molar-refractivity contribution is -0.117. The van der Waals surface area contributed by atoms with Gasteiger partial charge in [0, 0.05) is 13.1 Å². The van der Waals surface area contributed by atoms with E-state index >= 15 is 0 Å². The van der Waals surface area contributed by atoms with E-state index in [0.29, 0.717) is 0 Å². The highest BCUT2D eigenvalue weighted by atomic mass is 16.5. The number of ether oxygens (including phenoxy) is 2. The number of ketones is 1. The van der Waals surface area contributed by atoms with Crippen molar-refractivity contribution in [3.05, 3.63) is 25.3 Å². The second-order valence-electron chi connectivity index (χ2n) is 5.29. The lowest BCUT2D eigenvalue weighted by atomic mass is 10.3. The quantitative estimate of drug-likeness (QED) is 0.195. The maximum Gasteiger partial charge on any atom is 0.243 e. The van der Waals surface area contributed by atoms with E-state index in [1.165, 1.54) is 6.08 Å². The zero-order valence-corrected chi connectivity index (χ0v) is 14.2. The molecular weight excluding hydrogens is 332 g/mol. The first-order valence-electron chi connectivity index (χ1n) is 7.85. The van der Waals surface area contributed by atoms with E-state index in [9.17, 15) is 24.9 Å². The van der Waals surface area contributed by atoms with Gasteiger partial charge in [-0.25, -0.2) is 0 Å². The van der Waals surface area contributed by atoms with Crippen LogP contribution in [0.25, 0.3) is 0 Å². The Morgan fingerprint density at radius 3 is 1.92 bits per heavy atom. The molecule has 0 fully saturated rings. The molecule has 1 amide bonds. The highest BCUT2D eigenvalue weighted by molar-refractivity contribution is 5.90. The molecule has 25 heavy (non-hydrogen) atoms. The summed E-state index contributed by atoms with van der Waals surface area (Å²) in [5.74, 6) is -0.568. The van der Waals surface area contributed by atoms with Crippen molar-refractivity contribution >= 4 is 11.7 Å². The van der Waals surface area contributed by atoms with Crippen molar-refractivity contribution in [3.8, 4) is 0 Å². The van der Waals surface area contributed by atoms with Crippen LogP contribution in [0.5, 0.6) is 0 Å². The summed E-state index contributed by atoms with van der Waals surface area (Å²) in [6.45, 7) is 6.72. The second-order valence-corrected chi connectivity index (χ2v) is 5.29. The normalized spacial score (nSPS) is 14.4. The van der Waals surface area contributed by atoms with Gasteiger partial charge in [-0.1, -0.05) is 13.2 Å². The van der Waals surface area contributed by atoms with Gasteiger partial charge in [0.05, 0.1) is 45.2 Å². The highest BCUT2D eigenvalue weighted by Crippen LogP contribution is 1.92. The van der Waals surface area contributed by atoms with Crippen LogP contribution in [0.4, 0.5) is 0 Å². The van der Waals surface area contributed by atoms with Crippen molar-refractivity contribution in [1.29, 1.82) is 0 Å². The average Bonchev–Trinajstić information content (AvgIpc) is 2.59. The van der Waals surface area contributed by atoms with Crippen molar-refractivity contribution in [2.45, 2.75) is 18.3 Å². The molecule has 144 valence electrons. The minimum atomic E-state index is -0.919. The third-order valence-electron chi connectivity index (χ3n) is 2.85. The summed E-state index contributed by atoms with van der Waals surface area (Å²) >= 11 is 0. The molecule has 0 spiro atoms. The first-order valence-corrected chi connectivity index (χ1v) is 7.85. The Labute approximate surface area is 147 Å². The molecule has 3 unspecified atom stereocenters. The van der Waals surface area contributed by atoms with E-state index < -0.39 is 24.2 Å². The van der Waals surface area contributed by atoms with Crippen LogP contribution in [0.3, 0.4) is 0 Å². The number of amides is 1. The van der Waals surface area contributed by atoms with Gasteiger partial charge in [-0.3, -0.25) is 9.59 Å². The SMILES string of the molecule is C=CC(=O)CNCC(O)COCC(O)COCC(O)CNC(=O)C=C. The second kappa shape index (κ2) is 14.7. The van der Waals surface area contributed by atoms with Gasteiger partial charge in [0.25, 0.3) is 0 Å². The van der Waals surface area contributed by atoms with Crippen LogP contribution in [0, 0.1) is 0 Å². The maximum atomic E-state index is 11.0. The number of hydrogen-bond acceptors (Lipinski definition) is 8. The number of hydrogen-bond donors (Lipinski definition) is 5. The third kappa shape index (κ3) is 14.4. The summed E-state index contributed by atoms with van der Waals surface area (Å²) in [5, 5.41) is 33.9. The van der Waals surface area contributed by atoms with Crippen molar-refractivity contribution < 1.29 is 34.4 Å². The largest absolute Gasteiger partial charge is 0.389 e. The van der Waals surface area contributed by atoms with E-state index in [-0.39, 0.29) is 51.8 Å². The summed E-state index contributed by atoms with van der Waals surface area (Å²) in [6, 6.07) is 0. The van der Waals surface area contributed by atoms with E-state index in [2.05, 4.69) is 23.8 Å². The summed E-state index contributed by atoms with van der Waals surface area (Å²) < 4.78 is 10.2. The van der Waals surface area contributed by atoms with E-state index in [4.69, 9.17) is 9.47 Å². The fraction of sp³-hybridized carbons (Fsp3) is 0.625. The predicted octanol–water partition coefficient (Wildman–Crippen LogP) is -2.25. The molecule has 0 saturated heterocycles. The smallest absolute Gasteiger partial charge is 0.243 e. The lowest BCUT2D eigenvalue weighted by Gasteiger charge is -2.16. The number of carbonyl (C=O) groups is 2. The molecule has 3 atom stereocenters. The molecule has 0 aromatic heterocycles. The molecule has 0 radical (unpaired) electrons. The molecule has 0 aromatic carbocycles. The number of aliphatic hydroxyl groups excluding tert-OH is 3. The van der Waals surface area contributed by atoms with Crippen LogP contribution in [-0.4, -0.2) is 91.4 Å². The van der Waals surface area contributed by atoms with Crippen LogP contribution in [0.2, 0.25) is 0 Å². The van der Waals surface area contributed by atoms with Crippen LogP contribution < -0.4 is 10.6 Å². The molecule has 0 aliphatic rings. The molecule has 0 heterocycles. The van der Waals surface area contributed by atoms with E-state index in [1.807, 2.05) is 0 Å². The minimum Gasteiger partial charge on any atom is -0.389 e. The fourth-order valence-electron chi connectivity index (χ4n) is 1.57. The van der Waals surface area contributed by atoms with Crippen LogP contribution in [0.1, 0.15) is 0 Å². The molecule has 5 N–H and O–H groups in total. The van der Waals surface area contributed by atoms with Crippen molar-refractivity contribution in [1.82, 2.24) is 10.6 Å². The van der Waals surface area contributed by atoms with Gasteiger partial charge in [-0.05, 0) is 12.2 Å². The number of rotatable bonds is 16. The first kappa shape index (κ1) is 23.4. The predicted molar refractivity (Wildman–Crippen MR) is 90.9 cm³/mol. The van der Waals surface area contributed by atoms with Crippen LogP contribution in [-0.2, 0) is 19.1 Å². The summed E-state index contributed by atoms with van der Waals surface area (Å²) in [5.41, 5.74) is 0. The molecule has 0 rings (SSSR count). The fourth-order valence-corrected chi connectivity index (χ4v) is 1.57. The van der Waals surface area contributed by atoms with Gasteiger partial charge in [0.1, 0.15) is 6.10 Å². The number of carbonyl (C=O) groups excluding carboxylic acids is 2. The lowest BCUT2D eigenvalue weighted by Crippen LogP contribution is -2.35. The highest BCUT2D eigenvalue weighted by Gasteiger charge is 2.10. The van der Waals surface area contributed by atoms with Crippen molar-refractivity contribution in [2.24, 2.45) is 0 Å². The van der Waals surface area contributed by atoms with Gasteiger partial charge >= 0.3 is 0 Å². The van der Waals surface area contributed by atoms with Gasteiger partial charge in [0.15, 0.2) is 5.78 Å². The topological polar surface area (TPSA) is 137 Å². The molecule has 0 aliphatic carbocycles. The molecule has 0 aliphatic heterocycles. The molecular formula is C16H28N2O7. The van der Waals surface area contributed by atoms with Gasteiger partial charge in [-0.15, -0.1) is 0 Å². The number of aliphatic hydroxyl groups is 3. The Hall–Kier alpha value is -1.62. The van der Waals surface area contributed by atoms with Crippen molar-refractivity contribution in [2.75, 3.05) is 46.1 Å². The maximum absolute atomic E-state index is 11.0. The molecule has 0 saturated carbocycles. The Morgan fingerprint density at radius 2 is 1.40 bits per heavy atom. The summed E-state index contributed by atoms with van der Waals surface area (Å²) in [7, 11) is 0.